The molecule has 0 aliphatic carbocycles. The molecule has 0 fully saturated rings. The predicted molar refractivity (Wildman–Crippen MR) is 113 cm³/mol. The van der Waals surface area contributed by atoms with Gasteiger partial charge >= 0.3 is 0 Å². The van der Waals surface area contributed by atoms with Crippen LogP contribution < -0.4 is 11.1 Å². The Balaban J connectivity index is 2.16. The summed E-state index contributed by atoms with van der Waals surface area (Å²) in [5.74, 6) is 0.423. The molecule has 0 saturated heterocycles. The van der Waals surface area contributed by atoms with E-state index in [-0.39, 0.29) is 11.7 Å². The second-order valence-electron chi connectivity index (χ2n) is 6.44. The highest BCUT2D eigenvalue weighted by molar-refractivity contribution is 6.10. The highest BCUT2D eigenvalue weighted by Gasteiger charge is 2.13. The van der Waals surface area contributed by atoms with Crippen LogP contribution in [-0.4, -0.2) is 33.3 Å². The third kappa shape index (κ3) is 3.88. The first-order valence-electron chi connectivity index (χ1n) is 8.92. The molecule has 1 amide bonds. The molecule has 28 heavy (non-hydrogen) atoms. The molecule has 0 bridgehead atoms. The topological polar surface area (TPSA) is 106 Å². The lowest BCUT2D eigenvalue weighted by atomic mass is 9.99. The van der Waals surface area contributed by atoms with E-state index in [0.717, 1.165) is 33.2 Å². The number of benzene rings is 1. The SMILES string of the molecule is CCN=C/C(=C\N)c1cc(O)cc(-c2cn(C)c3cnc(NC(C)=O)cc23)c1. The highest BCUT2D eigenvalue weighted by Crippen LogP contribution is 2.34. The van der Waals surface area contributed by atoms with Crippen molar-refractivity contribution in [2.75, 3.05) is 11.9 Å². The molecule has 0 spiro atoms. The zero-order valence-corrected chi connectivity index (χ0v) is 16.1. The van der Waals surface area contributed by atoms with E-state index in [1.165, 1.54) is 13.1 Å². The minimum atomic E-state index is -0.183. The number of pyridine rings is 1. The molecule has 4 N–H and O–H groups in total. The normalized spacial score (nSPS) is 12.0. The fourth-order valence-corrected chi connectivity index (χ4v) is 3.09. The lowest BCUT2D eigenvalue weighted by molar-refractivity contribution is -0.114. The van der Waals surface area contributed by atoms with Crippen LogP contribution >= 0.6 is 0 Å². The number of anilines is 1. The van der Waals surface area contributed by atoms with Crippen LogP contribution in [-0.2, 0) is 11.8 Å². The van der Waals surface area contributed by atoms with Crippen LogP contribution in [0.1, 0.15) is 19.4 Å². The third-order valence-corrected chi connectivity index (χ3v) is 4.33. The molecule has 7 heteroatoms. The fraction of sp³-hybridized carbons (Fsp3) is 0.190. The molecule has 2 aromatic heterocycles. The summed E-state index contributed by atoms with van der Waals surface area (Å²) in [6.07, 6.45) is 6.85. The molecule has 0 radical (unpaired) electrons. The zero-order chi connectivity index (χ0) is 20.3. The Bertz CT molecular complexity index is 1100. The Hall–Kier alpha value is -3.61. The van der Waals surface area contributed by atoms with E-state index in [2.05, 4.69) is 15.3 Å². The van der Waals surface area contributed by atoms with E-state index in [0.29, 0.717) is 12.4 Å². The number of nitrogens with zero attached hydrogens (tertiary/aromatic N) is 3. The molecule has 0 atom stereocenters. The first-order chi connectivity index (χ1) is 13.4. The van der Waals surface area contributed by atoms with Crippen molar-refractivity contribution in [1.29, 1.82) is 0 Å². The number of aryl methyl sites for hydroxylation is 1. The van der Waals surface area contributed by atoms with Gasteiger partial charge in [0.15, 0.2) is 0 Å². The second-order valence-corrected chi connectivity index (χ2v) is 6.44. The van der Waals surface area contributed by atoms with Gasteiger partial charge in [0, 0.05) is 55.7 Å². The first kappa shape index (κ1) is 19.2. The van der Waals surface area contributed by atoms with E-state index in [9.17, 15) is 9.90 Å². The van der Waals surface area contributed by atoms with E-state index < -0.39 is 0 Å². The summed E-state index contributed by atoms with van der Waals surface area (Å²) < 4.78 is 1.96. The van der Waals surface area contributed by atoms with Gasteiger partial charge in [-0.15, -0.1) is 0 Å². The molecule has 7 nitrogen and oxygen atoms in total. The van der Waals surface area contributed by atoms with Gasteiger partial charge < -0.3 is 20.7 Å². The molecule has 2 heterocycles. The Morgan fingerprint density at radius 1 is 1.36 bits per heavy atom. The molecular weight excluding hydrogens is 354 g/mol. The molecule has 0 aliphatic heterocycles. The van der Waals surface area contributed by atoms with Crippen LogP contribution in [0.25, 0.3) is 27.6 Å². The number of hydrogen-bond donors (Lipinski definition) is 3. The van der Waals surface area contributed by atoms with Gasteiger partial charge in [-0.05, 0) is 42.3 Å². The summed E-state index contributed by atoms with van der Waals surface area (Å²) in [5, 5.41) is 13.9. The van der Waals surface area contributed by atoms with Crippen LogP contribution in [0, 0.1) is 0 Å². The molecule has 3 rings (SSSR count). The summed E-state index contributed by atoms with van der Waals surface area (Å²) in [6, 6.07) is 7.13. The fourth-order valence-electron chi connectivity index (χ4n) is 3.09. The van der Waals surface area contributed by atoms with Crippen LogP contribution in [0.2, 0.25) is 0 Å². The number of nitrogens with one attached hydrogen (secondary N) is 1. The average Bonchev–Trinajstić information content (AvgIpc) is 2.97. The number of phenolic OH excluding ortho intramolecular Hbond substituents is 1. The molecule has 1 aromatic carbocycles. The van der Waals surface area contributed by atoms with Gasteiger partial charge in [-0.25, -0.2) is 4.98 Å². The molecule has 0 saturated carbocycles. The number of allylic oxidation sites excluding steroid dienone is 1. The van der Waals surface area contributed by atoms with Gasteiger partial charge in [-0.2, -0.15) is 0 Å². The lowest BCUT2D eigenvalue weighted by Gasteiger charge is -2.08. The first-order valence-corrected chi connectivity index (χ1v) is 8.92. The highest BCUT2D eigenvalue weighted by atomic mass is 16.3. The number of carbonyl (C=O) groups excluding carboxylic acids is 1. The summed E-state index contributed by atoms with van der Waals surface area (Å²) in [4.78, 5) is 19.9. The minimum absolute atomic E-state index is 0.130. The van der Waals surface area contributed by atoms with Crippen LogP contribution in [0.15, 0.2) is 47.9 Å². The van der Waals surface area contributed by atoms with Gasteiger partial charge in [0.1, 0.15) is 11.6 Å². The molecule has 3 aromatic rings. The van der Waals surface area contributed by atoms with Crippen molar-refractivity contribution in [2.45, 2.75) is 13.8 Å². The van der Waals surface area contributed by atoms with Gasteiger partial charge in [-0.3, -0.25) is 9.79 Å². The van der Waals surface area contributed by atoms with Crippen molar-refractivity contribution in [3.8, 4) is 16.9 Å². The number of phenols is 1. The third-order valence-electron chi connectivity index (χ3n) is 4.33. The van der Waals surface area contributed by atoms with Crippen molar-refractivity contribution < 1.29 is 9.90 Å². The minimum Gasteiger partial charge on any atom is -0.508 e. The van der Waals surface area contributed by atoms with Gasteiger partial charge in [0.05, 0.1) is 11.7 Å². The summed E-state index contributed by atoms with van der Waals surface area (Å²) in [6.45, 7) is 4.03. The summed E-state index contributed by atoms with van der Waals surface area (Å²) in [5.41, 5.74) is 9.89. The smallest absolute Gasteiger partial charge is 0.222 e. The zero-order valence-electron chi connectivity index (χ0n) is 16.1. The number of rotatable bonds is 5. The monoisotopic (exact) mass is 377 g/mol. The largest absolute Gasteiger partial charge is 0.508 e. The van der Waals surface area contributed by atoms with Crippen molar-refractivity contribution in [3.63, 3.8) is 0 Å². The maximum absolute atomic E-state index is 11.4. The van der Waals surface area contributed by atoms with Crippen LogP contribution in [0.3, 0.4) is 0 Å². The van der Waals surface area contributed by atoms with E-state index >= 15 is 0 Å². The molecule has 0 aliphatic rings. The van der Waals surface area contributed by atoms with Crippen LogP contribution in [0.5, 0.6) is 5.75 Å². The number of nitrogens with two attached hydrogens (primary N) is 1. The average molecular weight is 377 g/mol. The van der Waals surface area contributed by atoms with E-state index in [1.54, 1.807) is 24.5 Å². The standard InChI is InChI=1S/C21H23N5O2/c1-4-23-10-16(9-22)14-5-15(7-17(28)6-14)19-12-26(3)20-11-24-21(8-18(19)20)25-13(2)27/h5-12,28H,4,22H2,1-3H3,(H,24,25,27)/b16-9+,23-10?. The van der Waals surface area contributed by atoms with Gasteiger partial charge in [0.25, 0.3) is 0 Å². The van der Waals surface area contributed by atoms with Gasteiger partial charge in [-0.1, -0.05) is 0 Å². The Kier molecular flexibility index (Phi) is 5.44. The number of hydrogen-bond acceptors (Lipinski definition) is 5. The maximum atomic E-state index is 11.4. The number of aromatic hydroxyl groups is 1. The molecular formula is C21H23N5O2. The van der Waals surface area contributed by atoms with E-state index in [4.69, 9.17) is 5.73 Å². The summed E-state index contributed by atoms with van der Waals surface area (Å²) >= 11 is 0. The lowest BCUT2D eigenvalue weighted by Crippen LogP contribution is -2.07. The van der Waals surface area contributed by atoms with Crippen molar-refractivity contribution in [2.24, 2.45) is 17.8 Å². The number of aliphatic imine (C=N–C) groups is 1. The number of amides is 1. The Labute approximate surface area is 163 Å². The van der Waals surface area contributed by atoms with Crippen LogP contribution in [0.4, 0.5) is 5.82 Å². The molecule has 144 valence electrons. The van der Waals surface area contributed by atoms with Crippen molar-refractivity contribution in [3.05, 3.63) is 48.4 Å². The summed E-state index contributed by atoms with van der Waals surface area (Å²) in [7, 11) is 1.93. The quantitative estimate of drug-likeness (QED) is 0.593. The number of fused-ring (bicyclic) bond motifs is 1. The molecule has 0 unspecified atom stereocenters. The number of carbonyl (C=O) groups is 1. The van der Waals surface area contributed by atoms with Crippen molar-refractivity contribution in [1.82, 2.24) is 9.55 Å². The number of aromatic nitrogens is 2. The Morgan fingerprint density at radius 2 is 2.14 bits per heavy atom. The predicted octanol–water partition coefficient (Wildman–Crippen LogP) is 3.29. The maximum Gasteiger partial charge on any atom is 0.222 e. The van der Waals surface area contributed by atoms with E-state index in [1.807, 2.05) is 36.9 Å². The Morgan fingerprint density at radius 3 is 2.82 bits per heavy atom. The van der Waals surface area contributed by atoms with Crippen molar-refractivity contribution >= 4 is 34.4 Å². The van der Waals surface area contributed by atoms with Gasteiger partial charge in [0.2, 0.25) is 5.91 Å². The second kappa shape index (κ2) is 7.96.